The quantitative estimate of drug-likeness (QED) is 0.287. The molecule has 5 rings (SSSR count). The van der Waals surface area contributed by atoms with Gasteiger partial charge in [-0.15, -0.1) is 5.10 Å². The summed E-state index contributed by atoms with van der Waals surface area (Å²) < 4.78 is 47.2. The number of carbonyl (C=O) groups excluding carboxylic acids is 1. The van der Waals surface area contributed by atoms with Crippen molar-refractivity contribution < 1.29 is 27.4 Å². The molecule has 2 aromatic heterocycles. The van der Waals surface area contributed by atoms with Gasteiger partial charge in [0.05, 0.1) is 26.7 Å². The summed E-state index contributed by atoms with van der Waals surface area (Å²) in [5.41, 5.74) is 4.76. The number of aromatic nitrogens is 4. The van der Waals surface area contributed by atoms with Crippen molar-refractivity contribution in [2.75, 3.05) is 20.3 Å². The number of hydrogen-bond donors (Lipinski definition) is 0. The average Bonchev–Trinajstić information content (AvgIpc) is 3.28. The molecular formula is C29H33N5O6S. The number of ether oxygens (including phenoxy) is 3. The number of nitrogens with zero attached hydrogens (tertiary/aromatic N) is 5. The molecule has 2 atom stereocenters. The fourth-order valence-corrected chi connectivity index (χ4v) is 6.74. The highest BCUT2D eigenvalue weighted by Crippen LogP contribution is 2.36. The van der Waals surface area contributed by atoms with Gasteiger partial charge in [0.25, 0.3) is 0 Å². The van der Waals surface area contributed by atoms with E-state index >= 15 is 0 Å². The van der Waals surface area contributed by atoms with Gasteiger partial charge in [0.2, 0.25) is 15.9 Å². The smallest absolute Gasteiger partial charge is 0.306 e. The molecule has 2 aromatic carbocycles. The number of rotatable bonds is 8. The van der Waals surface area contributed by atoms with Crippen LogP contribution >= 0.6 is 0 Å². The van der Waals surface area contributed by atoms with Crippen molar-refractivity contribution in [2.24, 2.45) is 7.05 Å². The second-order valence-corrected chi connectivity index (χ2v) is 12.0. The lowest BCUT2D eigenvalue weighted by Gasteiger charge is -2.24. The van der Waals surface area contributed by atoms with Crippen LogP contribution in [0.25, 0.3) is 11.0 Å². The Bertz CT molecular complexity index is 1700. The van der Waals surface area contributed by atoms with E-state index in [9.17, 15) is 13.2 Å². The second kappa shape index (κ2) is 11.5. The summed E-state index contributed by atoms with van der Waals surface area (Å²) in [6, 6.07) is 12.7. The van der Waals surface area contributed by atoms with Crippen LogP contribution in [0.4, 0.5) is 0 Å². The van der Waals surface area contributed by atoms with E-state index in [2.05, 4.69) is 15.3 Å². The molecular weight excluding hydrogens is 546 g/mol. The number of sulfonamides is 1. The van der Waals surface area contributed by atoms with Gasteiger partial charge in [-0.25, -0.2) is 18.1 Å². The number of pyridine rings is 1. The summed E-state index contributed by atoms with van der Waals surface area (Å²) in [6.45, 7) is 6.08. The Balaban J connectivity index is 1.56. The zero-order chi connectivity index (χ0) is 29.3. The summed E-state index contributed by atoms with van der Waals surface area (Å²) in [5.74, 6) is -0.0522. The Morgan fingerprint density at radius 2 is 2.00 bits per heavy atom. The van der Waals surface area contributed by atoms with E-state index in [0.717, 1.165) is 27.8 Å². The molecule has 0 N–H and O–H groups in total. The maximum absolute atomic E-state index is 13.7. The molecule has 1 aliphatic heterocycles. The molecule has 0 spiro atoms. The van der Waals surface area contributed by atoms with E-state index in [0.29, 0.717) is 11.3 Å². The minimum atomic E-state index is -3.87. The van der Waals surface area contributed by atoms with Gasteiger partial charge in [0.1, 0.15) is 27.8 Å². The molecule has 3 heterocycles. The van der Waals surface area contributed by atoms with Crippen molar-refractivity contribution in [1.82, 2.24) is 24.3 Å². The Morgan fingerprint density at radius 1 is 1.20 bits per heavy atom. The van der Waals surface area contributed by atoms with Gasteiger partial charge < -0.3 is 14.2 Å². The molecule has 4 aromatic rings. The van der Waals surface area contributed by atoms with Gasteiger partial charge in [0.15, 0.2) is 0 Å². The Hall–Kier alpha value is -4.03. The van der Waals surface area contributed by atoms with Gasteiger partial charge in [0, 0.05) is 25.7 Å². The number of carbonyl (C=O) groups is 1. The van der Waals surface area contributed by atoms with Crippen LogP contribution in [-0.2, 0) is 33.1 Å². The monoisotopic (exact) mass is 579 g/mol. The van der Waals surface area contributed by atoms with Crippen molar-refractivity contribution in [3.05, 3.63) is 70.9 Å². The lowest BCUT2D eigenvalue weighted by atomic mass is 9.86. The number of benzene rings is 2. The van der Waals surface area contributed by atoms with Crippen LogP contribution in [0.1, 0.15) is 48.4 Å². The average molecular weight is 580 g/mol. The molecule has 0 saturated carbocycles. The molecule has 0 saturated heterocycles. The Labute approximate surface area is 239 Å². The largest absolute Gasteiger partial charge is 0.494 e. The fraction of sp³-hybridized carbons (Fsp3) is 0.379. The zero-order valence-corrected chi connectivity index (χ0v) is 24.5. The van der Waals surface area contributed by atoms with Crippen molar-refractivity contribution >= 4 is 27.0 Å². The number of esters is 1. The van der Waals surface area contributed by atoms with Gasteiger partial charge in [-0.3, -0.25) is 4.79 Å². The third-order valence-electron chi connectivity index (χ3n) is 7.24. The van der Waals surface area contributed by atoms with Gasteiger partial charge in [-0.2, -0.15) is 4.31 Å². The maximum atomic E-state index is 13.7. The summed E-state index contributed by atoms with van der Waals surface area (Å²) in [6.07, 6.45) is 1.20. The van der Waals surface area contributed by atoms with Gasteiger partial charge in [-0.1, -0.05) is 23.4 Å². The molecule has 0 bridgehead atoms. The van der Waals surface area contributed by atoms with Crippen LogP contribution in [0.5, 0.6) is 11.6 Å². The van der Waals surface area contributed by atoms with Crippen molar-refractivity contribution in [3.8, 4) is 11.6 Å². The van der Waals surface area contributed by atoms with Gasteiger partial charge >= 0.3 is 5.97 Å². The van der Waals surface area contributed by atoms with Crippen LogP contribution in [0.2, 0.25) is 0 Å². The SMILES string of the molecule is CCOC(=O)CC(c1ccc(C)c(CN2C[C@@H](C)Oc3ncccc3S2(=O)=O)c1)c1cc(OC)c2c(c1)nnn2C. The van der Waals surface area contributed by atoms with E-state index in [4.69, 9.17) is 14.2 Å². The lowest BCUT2D eigenvalue weighted by molar-refractivity contribution is -0.143. The van der Waals surface area contributed by atoms with Crippen LogP contribution in [0, 0.1) is 6.92 Å². The standard InChI is InChI=1S/C29H33N5O6S/c1-6-39-27(35)15-23(21-13-24-28(25(14-21)38-5)33(4)32-31-24)20-10-9-18(2)22(12-20)17-34-16-19(3)40-29-26(41(34,36)37)8-7-11-30-29/h7-14,19,23H,6,15-17H2,1-5H3/t19-,23?/m1/s1. The molecule has 216 valence electrons. The molecule has 0 radical (unpaired) electrons. The first-order chi connectivity index (χ1) is 19.6. The number of methoxy groups -OCH3 is 1. The summed E-state index contributed by atoms with van der Waals surface area (Å²) in [4.78, 5) is 17.0. The Morgan fingerprint density at radius 3 is 2.76 bits per heavy atom. The Kier molecular flexibility index (Phi) is 7.96. The van der Waals surface area contributed by atoms with E-state index in [1.54, 1.807) is 31.8 Å². The van der Waals surface area contributed by atoms with Crippen LogP contribution < -0.4 is 9.47 Å². The lowest BCUT2D eigenvalue weighted by Crippen LogP contribution is -2.35. The number of fused-ring (bicyclic) bond motifs is 2. The summed E-state index contributed by atoms with van der Waals surface area (Å²) >= 11 is 0. The number of hydrogen-bond acceptors (Lipinski definition) is 9. The predicted molar refractivity (Wildman–Crippen MR) is 151 cm³/mol. The van der Waals surface area contributed by atoms with Crippen LogP contribution in [0.15, 0.2) is 53.6 Å². The van der Waals surface area contributed by atoms with E-state index in [1.807, 2.05) is 44.2 Å². The first kappa shape index (κ1) is 28.5. The maximum Gasteiger partial charge on any atom is 0.306 e. The topological polar surface area (TPSA) is 126 Å². The van der Waals surface area contributed by atoms with Crippen LogP contribution in [-0.4, -0.2) is 65.0 Å². The highest BCUT2D eigenvalue weighted by molar-refractivity contribution is 7.89. The van der Waals surface area contributed by atoms with Crippen LogP contribution in [0.3, 0.4) is 0 Å². The van der Waals surface area contributed by atoms with E-state index < -0.39 is 22.0 Å². The molecule has 0 aliphatic carbocycles. The zero-order valence-electron chi connectivity index (χ0n) is 23.7. The highest BCUT2D eigenvalue weighted by Gasteiger charge is 2.34. The van der Waals surface area contributed by atoms with Crippen molar-refractivity contribution in [1.29, 1.82) is 0 Å². The fourth-order valence-electron chi connectivity index (χ4n) is 5.18. The number of aryl methyl sites for hydroxylation is 2. The highest BCUT2D eigenvalue weighted by atomic mass is 32.2. The third kappa shape index (κ3) is 5.62. The molecule has 1 unspecified atom stereocenters. The second-order valence-electron chi connectivity index (χ2n) is 10.1. The first-order valence-electron chi connectivity index (χ1n) is 13.4. The molecule has 0 fully saturated rings. The molecule has 41 heavy (non-hydrogen) atoms. The third-order valence-corrected chi connectivity index (χ3v) is 9.06. The van der Waals surface area contributed by atoms with Crippen molar-refractivity contribution in [3.63, 3.8) is 0 Å². The van der Waals surface area contributed by atoms with E-state index in [-0.39, 0.29) is 42.9 Å². The minimum absolute atomic E-state index is 0.0442. The predicted octanol–water partition coefficient (Wildman–Crippen LogP) is 3.74. The van der Waals surface area contributed by atoms with E-state index in [1.165, 1.54) is 16.6 Å². The van der Waals surface area contributed by atoms with Gasteiger partial charge in [-0.05, 0) is 67.3 Å². The summed E-state index contributed by atoms with van der Waals surface area (Å²) in [7, 11) is -0.504. The normalized spacial score (nSPS) is 17.3. The molecule has 0 amide bonds. The molecule has 1 aliphatic rings. The first-order valence-corrected chi connectivity index (χ1v) is 14.8. The minimum Gasteiger partial charge on any atom is -0.494 e. The summed E-state index contributed by atoms with van der Waals surface area (Å²) in [5, 5.41) is 8.38. The molecule has 11 nitrogen and oxygen atoms in total. The molecule has 12 heteroatoms. The van der Waals surface area contributed by atoms with Crippen molar-refractivity contribution in [2.45, 2.75) is 50.7 Å².